The topological polar surface area (TPSA) is 50.4 Å². The minimum Gasteiger partial charge on any atom is -0.494 e. The van der Waals surface area contributed by atoms with Crippen molar-refractivity contribution in [2.45, 2.75) is 39.8 Å². The molecule has 0 aliphatic carbocycles. The van der Waals surface area contributed by atoms with Crippen LogP contribution in [0.1, 0.15) is 32.8 Å². The van der Waals surface area contributed by atoms with Gasteiger partial charge in [-0.2, -0.15) is 0 Å². The van der Waals surface area contributed by atoms with E-state index in [1.807, 2.05) is 45.0 Å². The first-order valence-electron chi connectivity index (χ1n) is 6.83. The molecule has 2 N–H and O–H groups in total. The molecule has 0 aliphatic rings. The summed E-state index contributed by atoms with van der Waals surface area (Å²) in [5.74, 6) is 0.983. The van der Waals surface area contributed by atoms with Crippen LogP contribution in [0.15, 0.2) is 24.3 Å². The molecule has 1 amide bonds. The molecule has 0 saturated heterocycles. The van der Waals surface area contributed by atoms with Crippen LogP contribution in [0, 0.1) is 0 Å². The zero-order chi connectivity index (χ0) is 14.1. The van der Waals surface area contributed by atoms with Crippen LogP contribution in [-0.4, -0.2) is 25.1 Å². The lowest BCUT2D eigenvalue weighted by Gasteiger charge is -2.09. The van der Waals surface area contributed by atoms with E-state index in [1.54, 1.807) is 0 Å². The molecule has 1 aromatic rings. The van der Waals surface area contributed by atoms with Gasteiger partial charge < -0.3 is 15.4 Å². The van der Waals surface area contributed by atoms with Crippen molar-refractivity contribution >= 4 is 5.91 Å². The highest BCUT2D eigenvalue weighted by Gasteiger charge is 2.02. The van der Waals surface area contributed by atoms with E-state index in [0.29, 0.717) is 19.6 Å². The summed E-state index contributed by atoms with van der Waals surface area (Å²) in [5.41, 5.74) is 1.19. The average molecular weight is 264 g/mol. The fourth-order valence-corrected chi connectivity index (χ4v) is 1.70. The highest BCUT2D eigenvalue weighted by molar-refractivity contribution is 5.76. The van der Waals surface area contributed by atoms with Gasteiger partial charge in [-0.25, -0.2) is 0 Å². The van der Waals surface area contributed by atoms with Crippen molar-refractivity contribution in [3.05, 3.63) is 29.8 Å². The molecule has 1 aromatic carbocycles. The predicted molar refractivity (Wildman–Crippen MR) is 77.2 cm³/mol. The SMILES string of the molecule is CCOc1ccc(CNCCC(=O)NC(C)C)cc1. The summed E-state index contributed by atoms with van der Waals surface area (Å²) in [6.07, 6.45) is 0.509. The van der Waals surface area contributed by atoms with Crippen molar-refractivity contribution in [3.8, 4) is 5.75 Å². The maximum Gasteiger partial charge on any atom is 0.221 e. The maximum absolute atomic E-state index is 11.4. The van der Waals surface area contributed by atoms with Gasteiger partial charge in [-0.05, 0) is 38.5 Å². The second-order valence-corrected chi connectivity index (χ2v) is 4.73. The first kappa shape index (κ1) is 15.5. The molecule has 0 unspecified atom stereocenters. The Balaban J connectivity index is 2.20. The molecule has 0 aromatic heterocycles. The van der Waals surface area contributed by atoms with E-state index in [9.17, 15) is 4.79 Å². The molecular weight excluding hydrogens is 240 g/mol. The molecule has 19 heavy (non-hydrogen) atoms. The summed E-state index contributed by atoms with van der Waals surface area (Å²) >= 11 is 0. The number of carbonyl (C=O) groups is 1. The third-order valence-corrected chi connectivity index (χ3v) is 2.54. The van der Waals surface area contributed by atoms with E-state index in [2.05, 4.69) is 10.6 Å². The highest BCUT2D eigenvalue weighted by atomic mass is 16.5. The number of rotatable bonds is 8. The summed E-state index contributed by atoms with van der Waals surface area (Å²) in [4.78, 5) is 11.4. The summed E-state index contributed by atoms with van der Waals surface area (Å²) < 4.78 is 5.38. The number of benzene rings is 1. The Morgan fingerprint density at radius 1 is 1.26 bits per heavy atom. The normalized spacial score (nSPS) is 10.5. The standard InChI is InChI=1S/C15H24N2O2/c1-4-19-14-7-5-13(6-8-14)11-16-10-9-15(18)17-12(2)3/h5-8,12,16H,4,9-11H2,1-3H3,(H,17,18). The van der Waals surface area contributed by atoms with Gasteiger partial charge in [-0.1, -0.05) is 12.1 Å². The average Bonchev–Trinajstić information content (AvgIpc) is 2.36. The minimum absolute atomic E-state index is 0.0918. The van der Waals surface area contributed by atoms with Gasteiger partial charge in [-0.3, -0.25) is 4.79 Å². The first-order chi connectivity index (χ1) is 9.11. The summed E-state index contributed by atoms with van der Waals surface area (Å²) in [5, 5.41) is 6.12. The molecule has 0 fully saturated rings. The number of carbonyl (C=O) groups excluding carboxylic acids is 1. The fraction of sp³-hybridized carbons (Fsp3) is 0.533. The Labute approximate surface area is 115 Å². The van der Waals surface area contributed by atoms with E-state index in [0.717, 1.165) is 12.3 Å². The van der Waals surface area contributed by atoms with Crippen molar-refractivity contribution in [3.63, 3.8) is 0 Å². The van der Waals surface area contributed by atoms with Crippen molar-refractivity contribution in [1.82, 2.24) is 10.6 Å². The zero-order valence-electron chi connectivity index (χ0n) is 12.0. The predicted octanol–water partition coefficient (Wildman–Crippen LogP) is 2.09. The lowest BCUT2D eigenvalue weighted by atomic mass is 10.2. The van der Waals surface area contributed by atoms with Crippen molar-refractivity contribution in [2.24, 2.45) is 0 Å². The van der Waals surface area contributed by atoms with Crippen LogP contribution in [0.4, 0.5) is 0 Å². The van der Waals surface area contributed by atoms with E-state index >= 15 is 0 Å². The van der Waals surface area contributed by atoms with Gasteiger partial charge in [0.05, 0.1) is 6.61 Å². The van der Waals surface area contributed by atoms with Crippen LogP contribution >= 0.6 is 0 Å². The van der Waals surface area contributed by atoms with E-state index in [-0.39, 0.29) is 11.9 Å². The molecular formula is C15H24N2O2. The smallest absolute Gasteiger partial charge is 0.221 e. The van der Waals surface area contributed by atoms with Crippen molar-refractivity contribution in [2.75, 3.05) is 13.2 Å². The molecule has 0 spiro atoms. The molecule has 0 heterocycles. The Morgan fingerprint density at radius 2 is 1.95 bits per heavy atom. The first-order valence-corrected chi connectivity index (χ1v) is 6.83. The van der Waals surface area contributed by atoms with Gasteiger partial charge in [0.2, 0.25) is 5.91 Å². The molecule has 4 heteroatoms. The fourth-order valence-electron chi connectivity index (χ4n) is 1.70. The Morgan fingerprint density at radius 3 is 2.53 bits per heavy atom. The maximum atomic E-state index is 11.4. The Kier molecular flexibility index (Phi) is 6.97. The van der Waals surface area contributed by atoms with Gasteiger partial charge in [0.1, 0.15) is 5.75 Å². The summed E-state index contributed by atoms with van der Waals surface area (Å²) in [6.45, 7) is 8.03. The minimum atomic E-state index is 0.0918. The van der Waals surface area contributed by atoms with Gasteiger partial charge in [0.25, 0.3) is 0 Å². The molecule has 0 aliphatic heterocycles. The number of nitrogens with one attached hydrogen (secondary N) is 2. The third kappa shape index (κ3) is 6.82. The molecule has 0 bridgehead atoms. The molecule has 0 radical (unpaired) electrons. The molecule has 4 nitrogen and oxygen atoms in total. The lowest BCUT2D eigenvalue weighted by Crippen LogP contribution is -2.32. The van der Waals surface area contributed by atoms with Crippen LogP contribution < -0.4 is 15.4 Å². The van der Waals surface area contributed by atoms with Crippen LogP contribution in [0.5, 0.6) is 5.75 Å². The van der Waals surface area contributed by atoms with Crippen molar-refractivity contribution < 1.29 is 9.53 Å². The highest BCUT2D eigenvalue weighted by Crippen LogP contribution is 2.11. The Hall–Kier alpha value is -1.55. The third-order valence-electron chi connectivity index (χ3n) is 2.54. The zero-order valence-corrected chi connectivity index (χ0v) is 12.0. The molecule has 106 valence electrons. The van der Waals surface area contributed by atoms with Crippen molar-refractivity contribution in [1.29, 1.82) is 0 Å². The van der Waals surface area contributed by atoms with Gasteiger partial charge in [0.15, 0.2) is 0 Å². The quantitative estimate of drug-likeness (QED) is 0.707. The summed E-state index contributed by atoms with van der Waals surface area (Å²) in [7, 11) is 0. The van der Waals surface area contributed by atoms with Gasteiger partial charge in [-0.15, -0.1) is 0 Å². The van der Waals surface area contributed by atoms with E-state index < -0.39 is 0 Å². The largest absolute Gasteiger partial charge is 0.494 e. The molecule has 0 saturated carbocycles. The van der Waals surface area contributed by atoms with E-state index in [1.165, 1.54) is 5.56 Å². The van der Waals surface area contributed by atoms with E-state index in [4.69, 9.17) is 4.74 Å². The van der Waals surface area contributed by atoms with Crippen LogP contribution in [0.25, 0.3) is 0 Å². The Bertz CT molecular complexity index is 374. The van der Waals surface area contributed by atoms with Gasteiger partial charge in [0, 0.05) is 25.6 Å². The summed E-state index contributed by atoms with van der Waals surface area (Å²) in [6, 6.07) is 8.20. The monoisotopic (exact) mass is 264 g/mol. The number of hydrogen-bond donors (Lipinski definition) is 2. The second-order valence-electron chi connectivity index (χ2n) is 4.73. The number of ether oxygens (including phenoxy) is 1. The molecule has 1 rings (SSSR count). The number of hydrogen-bond acceptors (Lipinski definition) is 3. The molecule has 0 atom stereocenters. The van der Waals surface area contributed by atoms with Crippen LogP contribution in [0.2, 0.25) is 0 Å². The second kappa shape index (κ2) is 8.53. The number of amides is 1. The van der Waals surface area contributed by atoms with Gasteiger partial charge >= 0.3 is 0 Å². The van der Waals surface area contributed by atoms with Crippen LogP contribution in [0.3, 0.4) is 0 Å². The lowest BCUT2D eigenvalue weighted by molar-refractivity contribution is -0.121. The van der Waals surface area contributed by atoms with Crippen LogP contribution in [-0.2, 0) is 11.3 Å².